The average molecular weight is 409 g/mol. The number of carbonyl (C=O) groups excluding carboxylic acids is 1. The van der Waals surface area contributed by atoms with Crippen LogP contribution < -0.4 is 15.4 Å². The number of amides is 2. The molecule has 0 spiro atoms. The standard InChI is InChI=1S/C21H27N7O2/c1-2-23-21(29)25-20-24-18-13-17(16-7-6-8-22-15-16)14-19(28(18)26-20)30-12-11-27-9-4-3-5-10-27/h6-8,13-15H,2-5,9-12H2,1H3,(H2,23,25,26,29). The van der Waals surface area contributed by atoms with Gasteiger partial charge in [0.2, 0.25) is 5.88 Å². The van der Waals surface area contributed by atoms with Crippen LogP contribution in [0.25, 0.3) is 16.8 Å². The molecule has 0 aromatic carbocycles. The molecule has 1 saturated heterocycles. The molecule has 3 aromatic heterocycles. The molecule has 30 heavy (non-hydrogen) atoms. The third-order valence-corrected chi connectivity index (χ3v) is 5.07. The molecule has 0 bridgehead atoms. The van der Waals surface area contributed by atoms with Crippen molar-refractivity contribution in [3.8, 4) is 17.0 Å². The molecule has 2 amide bonds. The van der Waals surface area contributed by atoms with Gasteiger partial charge in [0.15, 0.2) is 5.65 Å². The van der Waals surface area contributed by atoms with Crippen LogP contribution in [-0.4, -0.2) is 63.3 Å². The van der Waals surface area contributed by atoms with E-state index in [1.807, 2.05) is 31.2 Å². The van der Waals surface area contributed by atoms with Crippen LogP contribution in [0.1, 0.15) is 26.2 Å². The van der Waals surface area contributed by atoms with Gasteiger partial charge in [-0.3, -0.25) is 15.2 Å². The summed E-state index contributed by atoms with van der Waals surface area (Å²) >= 11 is 0. The van der Waals surface area contributed by atoms with Gasteiger partial charge in [0, 0.05) is 37.1 Å². The summed E-state index contributed by atoms with van der Waals surface area (Å²) in [5.41, 5.74) is 2.48. The lowest BCUT2D eigenvalue weighted by molar-refractivity contribution is 0.179. The smallest absolute Gasteiger partial charge is 0.321 e. The second-order valence-electron chi connectivity index (χ2n) is 7.26. The number of piperidine rings is 1. The molecule has 1 aliphatic rings. The Labute approximate surface area is 175 Å². The predicted octanol–water partition coefficient (Wildman–Crippen LogP) is 2.80. The van der Waals surface area contributed by atoms with Gasteiger partial charge in [-0.1, -0.05) is 12.5 Å². The van der Waals surface area contributed by atoms with Crippen LogP contribution in [0, 0.1) is 0 Å². The lowest BCUT2D eigenvalue weighted by atomic mass is 10.1. The normalized spacial score (nSPS) is 14.6. The lowest BCUT2D eigenvalue weighted by Crippen LogP contribution is -2.33. The number of nitrogens with zero attached hydrogens (tertiary/aromatic N) is 5. The molecule has 0 saturated carbocycles. The summed E-state index contributed by atoms with van der Waals surface area (Å²) in [4.78, 5) is 22.9. The third-order valence-electron chi connectivity index (χ3n) is 5.07. The number of pyridine rings is 2. The van der Waals surface area contributed by atoms with E-state index in [0.717, 1.165) is 30.8 Å². The molecule has 158 valence electrons. The largest absolute Gasteiger partial charge is 0.476 e. The van der Waals surface area contributed by atoms with Gasteiger partial charge in [0.1, 0.15) is 6.61 Å². The Bertz CT molecular complexity index is 984. The highest BCUT2D eigenvalue weighted by Crippen LogP contribution is 2.26. The number of ether oxygens (including phenoxy) is 1. The van der Waals surface area contributed by atoms with E-state index in [0.29, 0.717) is 24.7 Å². The molecule has 1 fully saturated rings. The molecular weight excluding hydrogens is 382 g/mol. The number of rotatable bonds is 7. The molecule has 2 N–H and O–H groups in total. The minimum atomic E-state index is -0.339. The second-order valence-corrected chi connectivity index (χ2v) is 7.26. The summed E-state index contributed by atoms with van der Waals surface area (Å²) in [6.45, 7) is 6.05. The van der Waals surface area contributed by atoms with E-state index in [4.69, 9.17) is 4.74 Å². The minimum Gasteiger partial charge on any atom is -0.476 e. The quantitative estimate of drug-likeness (QED) is 0.623. The molecule has 9 nitrogen and oxygen atoms in total. The van der Waals surface area contributed by atoms with Crippen molar-refractivity contribution in [1.82, 2.24) is 29.8 Å². The second kappa shape index (κ2) is 9.53. The van der Waals surface area contributed by atoms with E-state index in [9.17, 15) is 4.79 Å². The van der Waals surface area contributed by atoms with E-state index in [-0.39, 0.29) is 12.0 Å². The molecule has 3 aromatic rings. The molecule has 0 radical (unpaired) electrons. The van der Waals surface area contributed by atoms with Gasteiger partial charge in [0.25, 0.3) is 5.95 Å². The first-order valence-corrected chi connectivity index (χ1v) is 10.4. The number of urea groups is 1. The number of hydrogen-bond acceptors (Lipinski definition) is 6. The maximum atomic E-state index is 11.9. The van der Waals surface area contributed by atoms with E-state index < -0.39 is 0 Å². The molecule has 0 aliphatic carbocycles. The zero-order valence-corrected chi connectivity index (χ0v) is 17.2. The van der Waals surface area contributed by atoms with Crippen molar-refractivity contribution in [2.75, 3.05) is 38.1 Å². The predicted molar refractivity (Wildman–Crippen MR) is 115 cm³/mol. The SMILES string of the molecule is CCNC(=O)Nc1nc2cc(-c3cccnc3)cc(OCCN3CCCCC3)n2n1. The third kappa shape index (κ3) is 4.85. The average Bonchev–Trinajstić information content (AvgIpc) is 3.17. The van der Waals surface area contributed by atoms with Crippen molar-refractivity contribution in [2.45, 2.75) is 26.2 Å². The Morgan fingerprint density at radius 1 is 1.20 bits per heavy atom. The van der Waals surface area contributed by atoms with E-state index in [2.05, 4.69) is 30.6 Å². The molecule has 0 atom stereocenters. The van der Waals surface area contributed by atoms with Gasteiger partial charge in [-0.05, 0) is 50.6 Å². The van der Waals surface area contributed by atoms with Crippen molar-refractivity contribution in [3.63, 3.8) is 0 Å². The number of nitrogens with one attached hydrogen (secondary N) is 2. The van der Waals surface area contributed by atoms with Gasteiger partial charge in [-0.25, -0.2) is 4.79 Å². The van der Waals surface area contributed by atoms with Gasteiger partial charge >= 0.3 is 6.03 Å². The van der Waals surface area contributed by atoms with Crippen LogP contribution in [0.4, 0.5) is 10.7 Å². The molecule has 9 heteroatoms. The monoisotopic (exact) mass is 409 g/mol. The Kier molecular flexibility index (Phi) is 6.38. The highest BCUT2D eigenvalue weighted by atomic mass is 16.5. The van der Waals surface area contributed by atoms with Crippen LogP contribution in [0.3, 0.4) is 0 Å². The minimum absolute atomic E-state index is 0.227. The lowest BCUT2D eigenvalue weighted by Gasteiger charge is -2.26. The van der Waals surface area contributed by atoms with Gasteiger partial charge in [0.05, 0.1) is 0 Å². The van der Waals surface area contributed by atoms with E-state index >= 15 is 0 Å². The fourth-order valence-corrected chi connectivity index (χ4v) is 3.58. The number of hydrogen-bond donors (Lipinski definition) is 2. The number of likely N-dealkylation sites (tertiary alicyclic amines) is 1. The Hall–Kier alpha value is -3.20. The summed E-state index contributed by atoms with van der Waals surface area (Å²) in [5.74, 6) is 0.810. The number of aromatic nitrogens is 4. The van der Waals surface area contributed by atoms with Crippen LogP contribution in [0.2, 0.25) is 0 Å². The number of fused-ring (bicyclic) bond motifs is 1. The molecular formula is C21H27N7O2. The highest BCUT2D eigenvalue weighted by Gasteiger charge is 2.15. The zero-order valence-electron chi connectivity index (χ0n) is 17.2. The van der Waals surface area contributed by atoms with E-state index in [1.165, 1.54) is 19.3 Å². The molecule has 4 heterocycles. The van der Waals surface area contributed by atoms with Gasteiger partial charge in [-0.2, -0.15) is 9.50 Å². The first kappa shape index (κ1) is 20.1. The van der Waals surface area contributed by atoms with Crippen LogP contribution in [0.15, 0.2) is 36.7 Å². The summed E-state index contributed by atoms with van der Waals surface area (Å²) in [6, 6.07) is 7.38. The van der Waals surface area contributed by atoms with Crippen molar-refractivity contribution in [1.29, 1.82) is 0 Å². The summed E-state index contributed by atoms with van der Waals surface area (Å²) in [7, 11) is 0. The van der Waals surface area contributed by atoms with Gasteiger partial charge in [-0.15, -0.1) is 5.10 Å². The summed E-state index contributed by atoms with van der Waals surface area (Å²) in [6.07, 6.45) is 7.35. The zero-order chi connectivity index (χ0) is 20.8. The van der Waals surface area contributed by atoms with Crippen LogP contribution in [0.5, 0.6) is 5.88 Å². The molecule has 4 rings (SSSR count). The van der Waals surface area contributed by atoms with Crippen molar-refractivity contribution in [2.24, 2.45) is 0 Å². The van der Waals surface area contributed by atoms with Crippen LogP contribution in [-0.2, 0) is 0 Å². The summed E-state index contributed by atoms with van der Waals surface area (Å²) < 4.78 is 7.74. The Morgan fingerprint density at radius 2 is 2.07 bits per heavy atom. The highest BCUT2D eigenvalue weighted by molar-refractivity contribution is 5.87. The number of carbonyl (C=O) groups is 1. The Morgan fingerprint density at radius 3 is 2.83 bits per heavy atom. The van der Waals surface area contributed by atoms with E-state index in [1.54, 1.807) is 16.9 Å². The molecule has 1 aliphatic heterocycles. The maximum absolute atomic E-state index is 11.9. The molecule has 0 unspecified atom stereocenters. The first-order chi connectivity index (χ1) is 14.7. The first-order valence-electron chi connectivity index (χ1n) is 10.4. The van der Waals surface area contributed by atoms with Crippen molar-refractivity contribution < 1.29 is 9.53 Å². The topological polar surface area (TPSA) is 96.7 Å². The van der Waals surface area contributed by atoms with Crippen LogP contribution >= 0.6 is 0 Å². The maximum Gasteiger partial charge on any atom is 0.321 e. The fraction of sp³-hybridized carbons (Fsp3) is 0.429. The number of anilines is 1. The Balaban J connectivity index is 1.59. The fourth-order valence-electron chi connectivity index (χ4n) is 3.58. The van der Waals surface area contributed by atoms with Crippen molar-refractivity contribution in [3.05, 3.63) is 36.7 Å². The van der Waals surface area contributed by atoms with Gasteiger partial charge < -0.3 is 10.1 Å². The summed E-state index contributed by atoms with van der Waals surface area (Å²) in [5, 5.41) is 9.75. The van der Waals surface area contributed by atoms with Crippen molar-refractivity contribution >= 4 is 17.6 Å².